The van der Waals surface area contributed by atoms with Crippen molar-refractivity contribution >= 4 is 0 Å². The maximum Gasteiger partial charge on any atom is 0.0235 e. The van der Waals surface area contributed by atoms with Crippen LogP contribution in [-0.2, 0) is 0 Å². The molecular formula is C13H29N3. The first kappa shape index (κ1) is 13.9. The lowest BCUT2D eigenvalue weighted by molar-refractivity contribution is 0.160. The van der Waals surface area contributed by atoms with Gasteiger partial charge in [0.15, 0.2) is 0 Å². The molecule has 2 N–H and O–H groups in total. The van der Waals surface area contributed by atoms with Crippen molar-refractivity contribution < 1.29 is 0 Å². The molecule has 0 saturated carbocycles. The predicted octanol–water partition coefficient (Wildman–Crippen LogP) is 1.39. The van der Waals surface area contributed by atoms with Crippen LogP contribution >= 0.6 is 0 Å². The fraction of sp³-hybridized carbons (Fsp3) is 1.00. The van der Waals surface area contributed by atoms with Crippen LogP contribution in [0.25, 0.3) is 0 Å². The van der Waals surface area contributed by atoms with Crippen molar-refractivity contribution in [1.29, 1.82) is 0 Å². The molecule has 0 aromatic heterocycles. The minimum Gasteiger partial charge on any atom is -0.330 e. The second-order valence-corrected chi connectivity index (χ2v) is 5.70. The summed E-state index contributed by atoms with van der Waals surface area (Å²) in [6.07, 6.45) is 2.41. The van der Waals surface area contributed by atoms with Gasteiger partial charge in [0.2, 0.25) is 0 Å². The Labute approximate surface area is 101 Å². The maximum absolute atomic E-state index is 5.74. The maximum atomic E-state index is 5.74. The average molecular weight is 227 g/mol. The monoisotopic (exact) mass is 227 g/mol. The Balaban J connectivity index is 2.62. The third kappa shape index (κ3) is 4.04. The number of hydrogen-bond acceptors (Lipinski definition) is 3. The van der Waals surface area contributed by atoms with Gasteiger partial charge in [-0.1, -0.05) is 13.8 Å². The summed E-state index contributed by atoms with van der Waals surface area (Å²) in [7, 11) is 2.24. The summed E-state index contributed by atoms with van der Waals surface area (Å²) in [6, 6.07) is 1.36. The van der Waals surface area contributed by atoms with Gasteiger partial charge in [-0.3, -0.25) is 4.90 Å². The van der Waals surface area contributed by atoms with Crippen molar-refractivity contribution in [2.24, 2.45) is 11.7 Å². The van der Waals surface area contributed by atoms with Crippen LogP contribution in [0.1, 0.15) is 33.6 Å². The first-order valence-corrected chi connectivity index (χ1v) is 6.69. The minimum absolute atomic E-state index is 0.655. The van der Waals surface area contributed by atoms with Crippen LogP contribution in [0.15, 0.2) is 0 Å². The molecule has 0 aliphatic carbocycles. The summed E-state index contributed by atoms with van der Waals surface area (Å²) in [5.41, 5.74) is 5.74. The van der Waals surface area contributed by atoms with E-state index in [1.165, 1.54) is 26.1 Å². The molecule has 2 unspecified atom stereocenters. The largest absolute Gasteiger partial charge is 0.330 e. The van der Waals surface area contributed by atoms with E-state index in [0.717, 1.165) is 18.9 Å². The number of rotatable bonds is 4. The molecule has 1 aliphatic heterocycles. The normalized spacial score (nSPS) is 29.6. The summed E-state index contributed by atoms with van der Waals surface area (Å²) >= 11 is 0. The molecule has 1 aliphatic rings. The standard InChI is InChI=1S/C13H29N3/c1-11(2)9-16-8-6-12(3)15(4)10-13(16)5-7-14/h11-13H,5-10,14H2,1-4H3. The van der Waals surface area contributed by atoms with Crippen LogP contribution < -0.4 is 5.73 Å². The third-order valence-corrected chi connectivity index (χ3v) is 3.70. The Hall–Kier alpha value is -0.120. The highest BCUT2D eigenvalue weighted by molar-refractivity contribution is 4.82. The van der Waals surface area contributed by atoms with Crippen molar-refractivity contribution in [1.82, 2.24) is 9.80 Å². The SMILES string of the molecule is CC(C)CN1CCC(C)N(C)CC1CCN. The first-order chi connectivity index (χ1) is 7.54. The lowest BCUT2D eigenvalue weighted by atomic mass is 10.1. The molecule has 1 heterocycles. The third-order valence-electron chi connectivity index (χ3n) is 3.70. The van der Waals surface area contributed by atoms with E-state index in [2.05, 4.69) is 37.6 Å². The van der Waals surface area contributed by atoms with E-state index in [1.54, 1.807) is 0 Å². The number of nitrogens with zero attached hydrogens (tertiary/aromatic N) is 2. The molecule has 2 atom stereocenters. The predicted molar refractivity (Wildman–Crippen MR) is 70.6 cm³/mol. The molecule has 1 rings (SSSR count). The molecule has 0 radical (unpaired) electrons. The smallest absolute Gasteiger partial charge is 0.0235 e. The molecule has 0 spiro atoms. The quantitative estimate of drug-likeness (QED) is 0.788. The molecule has 3 nitrogen and oxygen atoms in total. The van der Waals surface area contributed by atoms with Gasteiger partial charge in [-0.2, -0.15) is 0 Å². The molecule has 0 aromatic carbocycles. The Bertz CT molecular complexity index is 194. The summed E-state index contributed by atoms with van der Waals surface area (Å²) in [5, 5.41) is 0. The van der Waals surface area contributed by atoms with Crippen LogP contribution in [0.5, 0.6) is 0 Å². The van der Waals surface area contributed by atoms with Crippen molar-refractivity contribution in [2.75, 3.05) is 33.2 Å². The lowest BCUT2D eigenvalue weighted by Crippen LogP contribution is -2.43. The Kier molecular flexibility index (Phi) is 5.73. The molecule has 3 heteroatoms. The first-order valence-electron chi connectivity index (χ1n) is 6.69. The zero-order chi connectivity index (χ0) is 12.1. The Morgan fingerprint density at radius 1 is 1.38 bits per heavy atom. The number of likely N-dealkylation sites (N-methyl/N-ethyl adjacent to an activating group) is 1. The highest BCUT2D eigenvalue weighted by atomic mass is 15.2. The zero-order valence-electron chi connectivity index (χ0n) is 11.4. The van der Waals surface area contributed by atoms with Gasteiger partial charge >= 0.3 is 0 Å². The fourth-order valence-corrected chi connectivity index (χ4v) is 2.56. The average Bonchev–Trinajstić information content (AvgIpc) is 2.32. The van der Waals surface area contributed by atoms with Crippen LogP contribution in [0, 0.1) is 5.92 Å². The fourth-order valence-electron chi connectivity index (χ4n) is 2.56. The molecular weight excluding hydrogens is 198 g/mol. The van der Waals surface area contributed by atoms with Gasteiger partial charge in [0.1, 0.15) is 0 Å². The van der Waals surface area contributed by atoms with Crippen molar-refractivity contribution in [3.8, 4) is 0 Å². The highest BCUT2D eigenvalue weighted by Crippen LogP contribution is 2.17. The molecule has 96 valence electrons. The van der Waals surface area contributed by atoms with Crippen LogP contribution in [0.4, 0.5) is 0 Å². The van der Waals surface area contributed by atoms with Gasteiger partial charge in [-0.25, -0.2) is 0 Å². The Morgan fingerprint density at radius 3 is 2.62 bits per heavy atom. The second kappa shape index (κ2) is 6.58. The number of nitrogens with two attached hydrogens (primary N) is 1. The molecule has 0 bridgehead atoms. The van der Waals surface area contributed by atoms with Crippen molar-refractivity contribution in [3.05, 3.63) is 0 Å². The van der Waals surface area contributed by atoms with Gasteiger partial charge in [0.05, 0.1) is 0 Å². The Morgan fingerprint density at radius 2 is 2.06 bits per heavy atom. The van der Waals surface area contributed by atoms with E-state index in [1.807, 2.05) is 0 Å². The van der Waals surface area contributed by atoms with Crippen LogP contribution in [-0.4, -0.2) is 55.1 Å². The lowest BCUT2D eigenvalue weighted by Gasteiger charge is -2.32. The summed E-state index contributed by atoms with van der Waals surface area (Å²) in [6.45, 7) is 11.4. The highest BCUT2D eigenvalue weighted by Gasteiger charge is 2.26. The van der Waals surface area contributed by atoms with Gasteiger partial charge in [0, 0.05) is 25.2 Å². The van der Waals surface area contributed by atoms with Gasteiger partial charge < -0.3 is 10.6 Å². The van der Waals surface area contributed by atoms with E-state index >= 15 is 0 Å². The van der Waals surface area contributed by atoms with Gasteiger partial charge in [-0.15, -0.1) is 0 Å². The van der Waals surface area contributed by atoms with E-state index in [-0.39, 0.29) is 0 Å². The van der Waals surface area contributed by atoms with Crippen molar-refractivity contribution in [3.63, 3.8) is 0 Å². The topological polar surface area (TPSA) is 32.5 Å². The molecule has 1 fully saturated rings. The van der Waals surface area contributed by atoms with Crippen LogP contribution in [0.3, 0.4) is 0 Å². The van der Waals surface area contributed by atoms with Gasteiger partial charge in [0.25, 0.3) is 0 Å². The summed E-state index contributed by atoms with van der Waals surface area (Å²) in [5.74, 6) is 0.749. The summed E-state index contributed by atoms with van der Waals surface area (Å²) in [4.78, 5) is 5.14. The molecule has 0 amide bonds. The molecule has 1 saturated heterocycles. The van der Waals surface area contributed by atoms with E-state index in [9.17, 15) is 0 Å². The number of hydrogen-bond donors (Lipinski definition) is 1. The zero-order valence-corrected chi connectivity index (χ0v) is 11.4. The minimum atomic E-state index is 0.655. The summed E-state index contributed by atoms with van der Waals surface area (Å²) < 4.78 is 0. The van der Waals surface area contributed by atoms with E-state index in [0.29, 0.717) is 12.1 Å². The van der Waals surface area contributed by atoms with E-state index in [4.69, 9.17) is 5.73 Å². The van der Waals surface area contributed by atoms with Crippen LogP contribution in [0.2, 0.25) is 0 Å². The molecule has 0 aromatic rings. The van der Waals surface area contributed by atoms with Gasteiger partial charge in [-0.05, 0) is 45.8 Å². The van der Waals surface area contributed by atoms with Crippen molar-refractivity contribution in [2.45, 2.75) is 45.7 Å². The van der Waals surface area contributed by atoms with E-state index < -0.39 is 0 Å². The molecule has 16 heavy (non-hydrogen) atoms. The second-order valence-electron chi connectivity index (χ2n) is 5.70.